The first-order valence-corrected chi connectivity index (χ1v) is 5.63. The maximum absolute atomic E-state index is 5.74. The van der Waals surface area contributed by atoms with Gasteiger partial charge in [-0.25, -0.2) is 0 Å². The fourth-order valence-electron chi connectivity index (χ4n) is 1.62. The zero-order chi connectivity index (χ0) is 12.7. The van der Waals surface area contributed by atoms with Gasteiger partial charge < -0.3 is 10.5 Å². The summed E-state index contributed by atoms with van der Waals surface area (Å²) in [6.45, 7) is 4.15. The van der Waals surface area contributed by atoms with Crippen molar-refractivity contribution in [2.24, 2.45) is 5.73 Å². The van der Waals surface area contributed by atoms with Crippen LogP contribution in [0.25, 0.3) is 0 Å². The van der Waals surface area contributed by atoms with Gasteiger partial charge in [-0.2, -0.15) is 0 Å². The molecule has 0 atom stereocenters. The number of hydrogen-bond acceptors (Lipinski definition) is 2. The van der Waals surface area contributed by atoms with Gasteiger partial charge in [-0.05, 0) is 56.3 Å². The molecule has 0 spiro atoms. The van der Waals surface area contributed by atoms with Crippen molar-refractivity contribution < 1.29 is 4.74 Å². The lowest BCUT2D eigenvalue weighted by atomic mass is 10.1. The third-order valence-corrected chi connectivity index (χ3v) is 2.17. The number of benzene rings is 2. The van der Waals surface area contributed by atoms with Gasteiger partial charge in [-0.1, -0.05) is 24.3 Å². The second-order valence-corrected chi connectivity index (χ2v) is 3.74. The Kier molecular flexibility index (Phi) is 5.24. The smallest absolute Gasteiger partial charge is 0.127 e. The van der Waals surface area contributed by atoms with Crippen LogP contribution >= 0.6 is 0 Å². The molecule has 17 heavy (non-hydrogen) atoms. The molecule has 0 aromatic heterocycles. The van der Waals surface area contributed by atoms with E-state index in [0.29, 0.717) is 0 Å². The molecular formula is C15H19NO. The molecule has 0 radical (unpaired) electrons. The molecule has 0 saturated heterocycles. The molecule has 0 fully saturated rings. The Morgan fingerprint density at radius 2 is 1.29 bits per heavy atom. The second-order valence-electron chi connectivity index (χ2n) is 3.74. The average Bonchev–Trinajstić information content (AvgIpc) is 2.31. The van der Waals surface area contributed by atoms with Crippen molar-refractivity contribution >= 4 is 0 Å². The molecule has 0 saturated carbocycles. The van der Waals surface area contributed by atoms with E-state index in [1.165, 1.54) is 18.2 Å². The van der Waals surface area contributed by atoms with Gasteiger partial charge >= 0.3 is 0 Å². The molecule has 2 heteroatoms. The van der Waals surface area contributed by atoms with E-state index < -0.39 is 0 Å². The van der Waals surface area contributed by atoms with E-state index in [0.717, 1.165) is 11.5 Å². The normalized spacial score (nSPS) is 9.18. The molecular weight excluding hydrogens is 210 g/mol. The Morgan fingerprint density at radius 3 is 1.82 bits per heavy atom. The van der Waals surface area contributed by atoms with Crippen LogP contribution in [0.15, 0.2) is 48.5 Å². The summed E-state index contributed by atoms with van der Waals surface area (Å²) >= 11 is 0. The molecule has 2 aromatic carbocycles. The van der Waals surface area contributed by atoms with Crippen LogP contribution in [0.2, 0.25) is 0 Å². The first-order chi connectivity index (χ1) is 8.24. The van der Waals surface area contributed by atoms with Gasteiger partial charge in [0.2, 0.25) is 0 Å². The SMILES string of the molecule is CN.Cc1cc(C)cc(Oc2ccccc2)c1. The number of rotatable bonds is 2. The number of nitrogens with two attached hydrogens (primary N) is 1. The molecule has 2 N–H and O–H groups in total. The first-order valence-electron chi connectivity index (χ1n) is 5.63. The lowest BCUT2D eigenvalue weighted by Crippen LogP contribution is -1.85. The summed E-state index contributed by atoms with van der Waals surface area (Å²) in [6, 6.07) is 16.1. The Bertz CT molecular complexity index is 431. The predicted octanol–water partition coefficient (Wildman–Crippen LogP) is 3.67. The van der Waals surface area contributed by atoms with Crippen molar-refractivity contribution in [1.29, 1.82) is 0 Å². The van der Waals surface area contributed by atoms with Crippen molar-refractivity contribution in [1.82, 2.24) is 0 Å². The van der Waals surface area contributed by atoms with Crippen molar-refractivity contribution in [2.45, 2.75) is 13.8 Å². The van der Waals surface area contributed by atoms with E-state index in [1.807, 2.05) is 42.5 Å². The Labute approximate surface area is 103 Å². The van der Waals surface area contributed by atoms with Crippen molar-refractivity contribution in [3.8, 4) is 11.5 Å². The molecule has 0 amide bonds. The van der Waals surface area contributed by atoms with E-state index in [9.17, 15) is 0 Å². The molecule has 0 heterocycles. The number of ether oxygens (including phenoxy) is 1. The maximum atomic E-state index is 5.74. The maximum Gasteiger partial charge on any atom is 0.127 e. The van der Waals surface area contributed by atoms with Gasteiger partial charge in [0.1, 0.15) is 11.5 Å². The molecule has 2 rings (SSSR count). The van der Waals surface area contributed by atoms with E-state index >= 15 is 0 Å². The van der Waals surface area contributed by atoms with Gasteiger partial charge in [0.25, 0.3) is 0 Å². The average molecular weight is 229 g/mol. The lowest BCUT2D eigenvalue weighted by molar-refractivity contribution is 0.482. The zero-order valence-electron chi connectivity index (χ0n) is 10.6. The summed E-state index contributed by atoms with van der Waals surface area (Å²) in [5, 5.41) is 0. The lowest BCUT2D eigenvalue weighted by Gasteiger charge is -2.07. The van der Waals surface area contributed by atoms with Crippen LogP contribution in [0.5, 0.6) is 11.5 Å². The van der Waals surface area contributed by atoms with E-state index in [-0.39, 0.29) is 0 Å². The number of para-hydroxylation sites is 1. The van der Waals surface area contributed by atoms with Crippen LogP contribution in [-0.4, -0.2) is 7.05 Å². The predicted molar refractivity (Wildman–Crippen MR) is 72.5 cm³/mol. The molecule has 90 valence electrons. The third-order valence-electron chi connectivity index (χ3n) is 2.17. The quantitative estimate of drug-likeness (QED) is 0.852. The summed E-state index contributed by atoms with van der Waals surface area (Å²) in [5.41, 5.74) is 6.95. The van der Waals surface area contributed by atoms with Gasteiger partial charge in [0, 0.05) is 0 Å². The summed E-state index contributed by atoms with van der Waals surface area (Å²) < 4.78 is 5.74. The van der Waals surface area contributed by atoms with Crippen LogP contribution in [-0.2, 0) is 0 Å². The van der Waals surface area contributed by atoms with E-state index in [4.69, 9.17) is 4.74 Å². The van der Waals surface area contributed by atoms with Gasteiger partial charge in [0.05, 0.1) is 0 Å². The molecule has 0 bridgehead atoms. The Hall–Kier alpha value is -1.80. The van der Waals surface area contributed by atoms with Crippen molar-refractivity contribution in [3.05, 3.63) is 59.7 Å². The van der Waals surface area contributed by atoms with Gasteiger partial charge in [0.15, 0.2) is 0 Å². The highest BCUT2D eigenvalue weighted by molar-refractivity contribution is 5.36. The number of hydrogen-bond donors (Lipinski definition) is 1. The second kappa shape index (κ2) is 6.71. The standard InChI is InChI=1S/C14H14O.CH5N/c1-11-8-12(2)10-14(9-11)15-13-6-4-3-5-7-13;1-2/h3-10H,1-2H3;2H2,1H3. The minimum absolute atomic E-state index is 0.877. The van der Waals surface area contributed by atoms with E-state index in [1.54, 1.807) is 0 Å². The molecule has 0 aliphatic rings. The molecule has 0 aliphatic carbocycles. The van der Waals surface area contributed by atoms with Crippen LogP contribution in [0.4, 0.5) is 0 Å². The highest BCUT2D eigenvalue weighted by Crippen LogP contribution is 2.23. The van der Waals surface area contributed by atoms with Crippen molar-refractivity contribution in [2.75, 3.05) is 7.05 Å². The monoisotopic (exact) mass is 229 g/mol. The van der Waals surface area contributed by atoms with Crippen molar-refractivity contribution in [3.63, 3.8) is 0 Å². The topological polar surface area (TPSA) is 35.2 Å². The Morgan fingerprint density at radius 1 is 0.765 bits per heavy atom. The molecule has 2 nitrogen and oxygen atoms in total. The largest absolute Gasteiger partial charge is 0.457 e. The zero-order valence-corrected chi connectivity index (χ0v) is 10.6. The molecule has 2 aromatic rings. The highest BCUT2D eigenvalue weighted by Gasteiger charge is 1.98. The van der Waals surface area contributed by atoms with Gasteiger partial charge in [-0.15, -0.1) is 0 Å². The van der Waals surface area contributed by atoms with Crippen LogP contribution in [0.3, 0.4) is 0 Å². The van der Waals surface area contributed by atoms with E-state index in [2.05, 4.69) is 25.6 Å². The third kappa shape index (κ3) is 4.29. The summed E-state index contributed by atoms with van der Waals surface area (Å²) in [5.74, 6) is 1.78. The van der Waals surface area contributed by atoms with Crippen LogP contribution in [0, 0.1) is 13.8 Å². The van der Waals surface area contributed by atoms with Crippen LogP contribution < -0.4 is 10.5 Å². The molecule has 0 aliphatic heterocycles. The fourth-order valence-corrected chi connectivity index (χ4v) is 1.62. The first kappa shape index (κ1) is 13.3. The van der Waals surface area contributed by atoms with Crippen LogP contribution in [0.1, 0.15) is 11.1 Å². The minimum Gasteiger partial charge on any atom is -0.457 e. The fraction of sp³-hybridized carbons (Fsp3) is 0.200. The summed E-state index contributed by atoms with van der Waals surface area (Å²) in [7, 11) is 1.50. The summed E-state index contributed by atoms with van der Waals surface area (Å²) in [4.78, 5) is 0. The Balaban J connectivity index is 0.000000686. The number of aryl methyl sites for hydroxylation is 2. The molecule has 0 unspecified atom stereocenters. The summed E-state index contributed by atoms with van der Waals surface area (Å²) in [6.07, 6.45) is 0. The minimum atomic E-state index is 0.877. The highest BCUT2D eigenvalue weighted by atomic mass is 16.5. The van der Waals surface area contributed by atoms with Gasteiger partial charge in [-0.3, -0.25) is 0 Å².